The van der Waals surface area contributed by atoms with E-state index in [1.807, 2.05) is 0 Å². The van der Waals surface area contributed by atoms with Crippen LogP contribution in [-0.4, -0.2) is 37.0 Å². The molecular formula is C17H24F2N2. The van der Waals surface area contributed by atoms with E-state index in [0.29, 0.717) is 19.0 Å². The summed E-state index contributed by atoms with van der Waals surface area (Å²) in [6, 6.07) is 8.79. The molecule has 0 unspecified atom stereocenters. The van der Waals surface area contributed by atoms with Crippen molar-refractivity contribution in [2.45, 2.75) is 44.1 Å². The van der Waals surface area contributed by atoms with Gasteiger partial charge >= 0.3 is 0 Å². The first kappa shape index (κ1) is 14.9. The molecule has 0 aromatic heterocycles. The number of nitrogens with zero attached hydrogens (tertiary/aromatic N) is 1. The number of benzene rings is 1. The Kier molecular flexibility index (Phi) is 4.55. The maximum absolute atomic E-state index is 13.1. The third-order valence-corrected chi connectivity index (χ3v) is 4.78. The quantitative estimate of drug-likeness (QED) is 0.919. The number of nitrogens with one attached hydrogen (secondary N) is 1. The summed E-state index contributed by atoms with van der Waals surface area (Å²) in [6.07, 6.45) is 2.42. The molecule has 0 aliphatic carbocycles. The van der Waals surface area contributed by atoms with Crippen molar-refractivity contribution in [3.63, 3.8) is 0 Å². The van der Waals surface area contributed by atoms with Crippen molar-refractivity contribution in [1.82, 2.24) is 10.2 Å². The fraction of sp³-hybridized carbons (Fsp3) is 0.647. The summed E-state index contributed by atoms with van der Waals surface area (Å²) in [5.74, 6) is -1.77. The highest BCUT2D eigenvalue weighted by atomic mass is 19.3. The number of rotatable bonds is 3. The van der Waals surface area contributed by atoms with Crippen molar-refractivity contribution >= 4 is 0 Å². The molecule has 2 saturated heterocycles. The van der Waals surface area contributed by atoms with Gasteiger partial charge in [-0.3, -0.25) is 4.90 Å². The molecule has 0 atom stereocenters. The van der Waals surface area contributed by atoms with Gasteiger partial charge in [0.2, 0.25) is 0 Å². The van der Waals surface area contributed by atoms with Crippen LogP contribution in [0.5, 0.6) is 0 Å². The van der Waals surface area contributed by atoms with Crippen molar-refractivity contribution in [3.05, 3.63) is 35.4 Å². The number of alkyl halides is 2. The van der Waals surface area contributed by atoms with Crippen LogP contribution >= 0.6 is 0 Å². The lowest BCUT2D eigenvalue weighted by Crippen LogP contribution is -2.38. The zero-order valence-electron chi connectivity index (χ0n) is 12.5. The zero-order valence-corrected chi connectivity index (χ0v) is 12.5. The van der Waals surface area contributed by atoms with Gasteiger partial charge in [-0.2, -0.15) is 0 Å². The lowest BCUT2D eigenvalue weighted by molar-refractivity contribution is -0.0566. The molecular weight excluding hydrogens is 270 g/mol. The van der Waals surface area contributed by atoms with E-state index in [1.165, 1.54) is 24.0 Å². The largest absolute Gasteiger partial charge is 0.317 e. The SMILES string of the molecule is FC1(F)CCN(Cc2ccc(C3CCNCC3)cc2)CC1. The van der Waals surface area contributed by atoms with E-state index in [4.69, 9.17) is 0 Å². The highest BCUT2D eigenvalue weighted by molar-refractivity contribution is 5.26. The van der Waals surface area contributed by atoms with E-state index in [9.17, 15) is 8.78 Å². The minimum Gasteiger partial charge on any atom is -0.317 e. The van der Waals surface area contributed by atoms with Gasteiger partial charge in [-0.25, -0.2) is 8.78 Å². The van der Waals surface area contributed by atoms with Crippen LogP contribution in [0.1, 0.15) is 42.7 Å². The molecule has 2 aliphatic rings. The smallest absolute Gasteiger partial charge is 0.250 e. The number of halogens is 2. The standard InChI is InChI=1S/C17H24F2N2/c18-17(19)7-11-21(12-8-17)13-14-1-3-15(4-2-14)16-5-9-20-10-6-16/h1-4,16,20H,5-13H2. The van der Waals surface area contributed by atoms with Gasteiger partial charge in [-0.05, 0) is 43.0 Å². The summed E-state index contributed by atoms with van der Waals surface area (Å²) in [5, 5.41) is 3.39. The number of hydrogen-bond donors (Lipinski definition) is 1. The lowest BCUT2D eigenvalue weighted by Gasteiger charge is -2.31. The first-order valence-corrected chi connectivity index (χ1v) is 8.02. The summed E-state index contributed by atoms with van der Waals surface area (Å²) in [7, 11) is 0. The van der Waals surface area contributed by atoms with E-state index in [0.717, 1.165) is 19.6 Å². The van der Waals surface area contributed by atoms with Crippen LogP contribution in [0.4, 0.5) is 8.78 Å². The molecule has 2 heterocycles. The van der Waals surface area contributed by atoms with E-state index < -0.39 is 5.92 Å². The summed E-state index contributed by atoms with van der Waals surface area (Å²) < 4.78 is 26.3. The molecule has 1 aromatic carbocycles. The second kappa shape index (κ2) is 6.41. The lowest BCUT2D eigenvalue weighted by atomic mass is 9.90. The first-order chi connectivity index (χ1) is 10.1. The molecule has 3 rings (SSSR count). The molecule has 0 saturated carbocycles. The summed E-state index contributed by atoms with van der Waals surface area (Å²) in [4.78, 5) is 2.14. The van der Waals surface area contributed by atoms with E-state index >= 15 is 0 Å². The van der Waals surface area contributed by atoms with Gasteiger partial charge in [0, 0.05) is 32.5 Å². The van der Waals surface area contributed by atoms with Crippen LogP contribution in [0.2, 0.25) is 0 Å². The second-order valence-electron chi connectivity index (χ2n) is 6.40. The average Bonchev–Trinajstić information content (AvgIpc) is 2.51. The molecule has 2 fully saturated rings. The Morgan fingerprint density at radius 3 is 2.29 bits per heavy atom. The first-order valence-electron chi connectivity index (χ1n) is 8.02. The summed E-state index contributed by atoms with van der Waals surface area (Å²) >= 11 is 0. The Labute approximate surface area is 125 Å². The third-order valence-electron chi connectivity index (χ3n) is 4.78. The molecule has 0 spiro atoms. The normalized spacial score (nSPS) is 24.1. The molecule has 2 aliphatic heterocycles. The Morgan fingerprint density at radius 2 is 1.67 bits per heavy atom. The maximum atomic E-state index is 13.1. The Hall–Kier alpha value is -1.00. The van der Waals surface area contributed by atoms with Crippen LogP contribution in [0, 0.1) is 0 Å². The monoisotopic (exact) mass is 294 g/mol. The van der Waals surface area contributed by atoms with Crippen molar-refractivity contribution < 1.29 is 8.78 Å². The highest BCUT2D eigenvalue weighted by Gasteiger charge is 2.33. The molecule has 0 bridgehead atoms. The van der Waals surface area contributed by atoms with Gasteiger partial charge in [0.15, 0.2) is 0 Å². The van der Waals surface area contributed by atoms with Gasteiger partial charge in [-0.1, -0.05) is 24.3 Å². The van der Waals surface area contributed by atoms with E-state index in [2.05, 4.69) is 34.5 Å². The molecule has 1 aromatic rings. The fourth-order valence-corrected chi connectivity index (χ4v) is 3.35. The molecule has 4 heteroatoms. The van der Waals surface area contributed by atoms with Crippen molar-refractivity contribution in [1.29, 1.82) is 0 Å². The van der Waals surface area contributed by atoms with Gasteiger partial charge in [0.1, 0.15) is 0 Å². The topological polar surface area (TPSA) is 15.3 Å². The number of likely N-dealkylation sites (tertiary alicyclic amines) is 1. The summed E-state index contributed by atoms with van der Waals surface area (Å²) in [5.41, 5.74) is 2.66. The third kappa shape index (κ3) is 4.01. The van der Waals surface area contributed by atoms with Crippen molar-refractivity contribution in [2.75, 3.05) is 26.2 Å². The number of piperidine rings is 2. The van der Waals surface area contributed by atoms with Crippen LogP contribution in [0.25, 0.3) is 0 Å². The highest BCUT2D eigenvalue weighted by Crippen LogP contribution is 2.29. The second-order valence-corrected chi connectivity index (χ2v) is 6.40. The Morgan fingerprint density at radius 1 is 1.05 bits per heavy atom. The molecule has 21 heavy (non-hydrogen) atoms. The van der Waals surface area contributed by atoms with Crippen LogP contribution < -0.4 is 5.32 Å². The van der Waals surface area contributed by atoms with Gasteiger partial charge in [0.25, 0.3) is 5.92 Å². The van der Waals surface area contributed by atoms with Crippen molar-refractivity contribution in [2.24, 2.45) is 0 Å². The van der Waals surface area contributed by atoms with Crippen LogP contribution in [0.3, 0.4) is 0 Å². The van der Waals surface area contributed by atoms with Crippen molar-refractivity contribution in [3.8, 4) is 0 Å². The van der Waals surface area contributed by atoms with Crippen LogP contribution in [0.15, 0.2) is 24.3 Å². The van der Waals surface area contributed by atoms with E-state index in [-0.39, 0.29) is 12.8 Å². The minimum absolute atomic E-state index is 0.000156. The predicted octanol–water partition coefficient (Wildman–Crippen LogP) is 3.38. The molecule has 1 N–H and O–H groups in total. The maximum Gasteiger partial charge on any atom is 0.250 e. The van der Waals surface area contributed by atoms with Gasteiger partial charge < -0.3 is 5.32 Å². The zero-order chi connectivity index (χ0) is 14.7. The Bertz CT molecular complexity index is 442. The molecule has 2 nitrogen and oxygen atoms in total. The number of hydrogen-bond acceptors (Lipinski definition) is 2. The molecule has 116 valence electrons. The van der Waals surface area contributed by atoms with E-state index in [1.54, 1.807) is 0 Å². The minimum atomic E-state index is -2.45. The average molecular weight is 294 g/mol. The van der Waals surface area contributed by atoms with Crippen LogP contribution in [-0.2, 0) is 6.54 Å². The molecule has 0 amide bonds. The van der Waals surface area contributed by atoms with Gasteiger partial charge in [0.05, 0.1) is 0 Å². The van der Waals surface area contributed by atoms with Gasteiger partial charge in [-0.15, -0.1) is 0 Å². The fourth-order valence-electron chi connectivity index (χ4n) is 3.35. The molecule has 0 radical (unpaired) electrons. The Balaban J connectivity index is 1.55. The predicted molar refractivity (Wildman–Crippen MR) is 80.7 cm³/mol. The summed E-state index contributed by atoms with van der Waals surface area (Å²) in [6.45, 7) is 4.01.